The first kappa shape index (κ1) is 14.8. The number of benzene rings is 1. The molecular formula is C13H19N3O3S. The molecule has 0 aliphatic carbocycles. The summed E-state index contributed by atoms with van der Waals surface area (Å²) in [4.78, 5) is 13.8. The highest BCUT2D eigenvalue weighted by Gasteiger charge is 2.47. The molecule has 20 heavy (non-hydrogen) atoms. The minimum atomic E-state index is -3.80. The molecule has 1 saturated heterocycles. The van der Waals surface area contributed by atoms with E-state index < -0.39 is 15.6 Å². The summed E-state index contributed by atoms with van der Waals surface area (Å²) < 4.78 is 26.7. The Labute approximate surface area is 119 Å². The summed E-state index contributed by atoms with van der Waals surface area (Å²) in [7, 11) is -2.12. The van der Waals surface area contributed by atoms with Crippen molar-refractivity contribution in [3.05, 3.63) is 24.3 Å². The van der Waals surface area contributed by atoms with Crippen LogP contribution in [0.3, 0.4) is 0 Å². The van der Waals surface area contributed by atoms with Gasteiger partial charge in [0.2, 0.25) is 15.9 Å². The molecule has 1 amide bonds. The minimum absolute atomic E-state index is 0.0467. The van der Waals surface area contributed by atoms with Crippen molar-refractivity contribution in [1.82, 2.24) is 9.21 Å². The van der Waals surface area contributed by atoms with Crippen LogP contribution in [-0.2, 0) is 14.8 Å². The number of nitrogens with two attached hydrogens (primary N) is 1. The van der Waals surface area contributed by atoms with E-state index in [1.165, 1.54) is 16.4 Å². The Bertz CT molecular complexity index is 640. The van der Waals surface area contributed by atoms with Crippen LogP contribution in [0.5, 0.6) is 0 Å². The molecule has 0 radical (unpaired) electrons. The van der Waals surface area contributed by atoms with Crippen molar-refractivity contribution in [3.63, 3.8) is 0 Å². The first-order valence-electron chi connectivity index (χ1n) is 6.32. The first-order valence-corrected chi connectivity index (χ1v) is 7.76. The predicted molar refractivity (Wildman–Crippen MR) is 76.5 cm³/mol. The Morgan fingerprint density at radius 1 is 1.20 bits per heavy atom. The molecule has 6 nitrogen and oxygen atoms in total. The Morgan fingerprint density at radius 3 is 2.40 bits per heavy atom. The van der Waals surface area contributed by atoms with Crippen LogP contribution in [0.4, 0.5) is 5.69 Å². The van der Waals surface area contributed by atoms with E-state index in [2.05, 4.69) is 0 Å². The van der Waals surface area contributed by atoms with Crippen molar-refractivity contribution < 1.29 is 13.2 Å². The molecule has 1 fully saturated rings. The van der Waals surface area contributed by atoms with Gasteiger partial charge in [0.15, 0.2) is 0 Å². The summed E-state index contributed by atoms with van der Waals surface area (Å²) in [5, 5.41) is 0. The second-order valence-corrected chi connectivity index (χ2v) is 7.23. The number of anilines is 1. The first-order chi connectivity index (χ1) is 9.19. The highest BCUT2D eigenvalue weighted by atomic mass is 32.2. The van der Waals surface area contributed by atoms with Gasteiger partial charge < -0.3 is 10.6 Å². The molecule has 0 saturated carbocycles. The lowest BCUT2D eigenvalue weighted by atomic mass is 10.0. The van der Waals surface area contributed by atoms with Crippen LogP contribution >= 0.6 is 0 Å². The summed E-state index contributed by atoms with van der Waals surface area (Å²) in [6.45, 7) is 3.85. The van der Waals surface area contributed by atoms with Gasteiger partial charge in [-0.15, -0.1) is 0 Å². The normalized spacial score (nSPS) is 20.1. The maximum absolute atomic E-state index is 12.8. The van der Waals surface area contributed by atoms with Crippen LogP contribution in [0, 0.1) is 0 Å². The van der Waals surface area contributed by atoms with E-state index in [0.717, 1.165) is 0 Å². The average Bonchev–Trinajstić information content (AvgIpc) is 2.36. The zero-order valence-electron chi connectivity index (χ0n) is 11.8. The van der Waals surface area contributed by atoms with Crippen LogP contribution in [0.2, 0.25) is 0 Å². The van der Waals surface area contributed by atoms with Gasteiger partial charge in [-0.1, -0.05) is 12.1 Å². The number of hydrogen-bond acceptors (Lipinski definition) is 4. The quantitative estimate of drug-likeness (QED) is 0.806. The summed E-state index contributed by atoms with van der Waals surface area (Å²) in [6.07, 6.45) is 0. The number of carbonyl (C=O) groups is 1. The molecular weight excluding hydrogens is 278 g/mol. The molecule has 0 bridgehead atoms. The molecule has 1 aromatic carbocycles. The van der Waals surface area contributed by atoms with Crippen LogP contribution in [0.15, 0.2) is 29.2 Å². The minimum Gasteiger partial charge on any atom is -0.398 e. The summed E-state index contributed by atoms with van der Waals surface area (Å²) >= 11 is 0. The Balaban J connectivity index is 2.50. The van der Waals surface area contributed by atoms with Gasteiger partial charge in [-0.25, -0.2) is 8.42 Å². The van der Waals surface area contributed by atoms with Crippen LogP contribution in [0.25, 0.3) is 0 Å². The third-order valence-electron chi connectivity index (χ3n) is 3.62. The molecule has 0 atom stereocenters. The maximum Gasteiger partial charge on any atom is 0.246 e. The molecule has 2 rings (SSSR count). The average molecular weight is 297 g/mol. The van der Waals surface area contributed by atoms with Gasteiger partial charge in [0.25, 0.3) is 0 Å². The lowest BCUT2D eigenvalue weighted by Gasteiger charge is -2.43. The van der Waals surface area contributed by atoms with Gasteiger partial charge in [-0.2, -0.15) is 4.31 Å². The van der Waals surface area contributed by atoms with Crippen LogP contribution in [-0.4, -0.2) is 49.2 Å². The number of nitrogens with zero attached hydrogens (tertiary/aromatic N) is 2. The van der Waals surface area contributed by atoms with Gasteiger partial charge in [0.1, 0.15) is 10.4 Å². The van der Waals surface area contributed by atoms with Crippen molar-refractivity contribution in [1.29, 1.82) is 0 Å². The fourth-order valence-electron chi connectivity index (χ4n) is 2.45. The Morgan fingerprint density at radius 2 is 1.80 bits per heavy atom. The largest absolute Gasteiger partial charge is 0.398 e. The standard InChI is InChI=1S/C13H19N3O3S/c1-13(2)12(17)15(3)8-9-16(13)20(18,19)11-7-5-4-6-10(11)14/h4-7H,8-9,14H2,1-3H3. The molecule has 0 unspecified atom stereocenters. The van der Waals surface area contributed by atoms with Crippen molar-refractivity contribution in [2.24, 2.45) is 0 Å². The fraction of sp³-hybridized carbons (Fsp3) is 0.462. The predicted octanol–water partition coefficient (Wildman–Crippen LogP) is 0.510. The molecule has 1 aliphatic rings. The van der Waals surface area contributed by atoms with E-state index >= 15 is 0 Å². The van der Waals surface area contributed by atoms with Gasteiger partial charge in [-0.05, 0) is 26.0 Å². The van der Waals surface area contributed by atoms with Crippen molar-refractivity contribution in [3.8, 4) is 0 Å². The second kappa shape index (κ2) is 4.75. The summed E-state index contributed by atoms with van der Waals surface area (Å²) in [6, 6.07) is 6.30. The van der Waals surface area contributed by atoms with E-state index in [1.54, 1.807) is 37.9 Å². The molecule has 2 N–H and O–H groups in total. The molecule has 1 aromatic rings. The third kappa shape index (κ3) is 2.16. The van der Waals surface area contributed by atoms with E-state index in [1.807, 2.05) is 0 Å². The zero-order valence-corrected chi connectivity index (χ0v) is 12.6. The van der Waals surface area contributed by atoms with Gasteiger partial charge in [0, 0.05) is 20.1 Å². The van der Waals surface area contributed by atoms with Gasteiger partial charge in [-0.3, -0.25) is 4.79 Å². The molecule has 1 aliphatic heterocycles. The molecule has 7 heteroatoms. The second-order valence-electron chi connectivity index (χ2n) is 5.40. The lowest BCUT2D eigenvalue weighted by molar-refractivity contribution is -0.142. The maximum atomic E-state index is 12.8. The van der Waals surface area contributed by atoms with E-state index in [0.29, 0.717) is 6.54 Å². The fourth-order valence-corrected chi connectivity index (χ4v) is 4.31. The zero-order chi connectivity index (χ0) is 15.1. The van der Waals surface area contributed by atoms with Crippen molar-refractivity contribution in [2.45, 2.75) is 24.3 Å². The number of hydrogen-bond donors (Lipinski definition) is 1. The number of carbonyl (C=O) groups excluding carboxylic acids is 1. The van der Waals surface area contributed by atoms with Crippen molar-refractivity contribution >= 4 is 21.6 Å². The van der Waals surface area contributed by atoms with Crippen molar-refractivity contribution in [2.75, 3.05) is 25.9 Å². The number of para-hydroxylation sites is 1. The highest BCUT2D eigenvalue weighted by molar-refractivity contribution is 7.89. The molecule has 0 aromatic heterocycles. The number of rotatable bonds is 2. The van der Waals surface area contributed by atoms with E-state index in [4.69, 9.17) is 5.73 Å². The number of nitrogen functional groups attached to an aromatic ring is 1. The summed E-state index contributed by atoms with van der Waals surface area (Å²) in [5.41, 5.74) is 4.84. The lowest BCUT2D eigenvalue weighted by Crippen LogP contribution is -2.63. The van der Waals surface area contributed by atoms with Crippen LogP contribution < -0.4 is 5.73 Å². The molecule has 110 valence electrons. The van der Waals surface area contributed by atoms with E-state index in [9.17, 15) is 13.2 Å². The Hall–Kier alpha value is -1.60. The number of likely N-dealkylation sites (N-methyl/N-ethyl adjacent to an activating group) is 1. The third-order valence-corrected chi connectivity index (χ3v) is 5.77. The van der Waals surface area contributed by atoms with Crippen LogP contribution in [0.1, 0.15) is 13.8 Å². The van der Waals surface area contributed by atoms with Gasteiger partial charge >= 0.3 is 0 Å². The monoisotopic (exact) mass is 297 g/mol. The summed E-state index contributed by atoms with van der Waals surface area (Å²) in [5.74, 6) is -0.221. The number of amides is 1. The Kier molecular flexibility index (Phi) is 3.51. The molecule has 0 spiro atoms. The number of piperazine rings is 1. The van der Waals surface area contributed by atoms with E-state index in [-0.39, 0.29) is 23.0 Å². The van der Waals surface area contributed by atoms with Gasteiger partial charge in [0.05, 0.1) is 5.69 Å². The number of sulfonamides is 1. The smallest absolute Gasteiger partial charge is 0.246 e. The SMILES string of the molecule is CN1CCN(S(=O)(=O)c2ccccc2N)C(C)(C)C1=O. The highest BCUT2D eigenvalue weighted by Crippen LogP contribution is 2.31. The topological polar surface area (TPSA) is 83.7 Å². The molecule has 1 heterocycles.